The molecule has 1 aromatic heterocycles. The molecular formula is C16H28N2. The first-order valence-corrected chi connectivity index (χ1v) is 7.46. The molecule has 1 rings (SSSR count). The molecule has 0 aliphatic rings. The molecule has 0 aliphatic carbocycles. The van der Waals surface area contributed by atoms with Crippen LogP contribution in [-0.4, -0.2) is 11.5 Å². The van der Waals surface area contributed by atoms with E-state index < -0.39 is 0 Å². The summed E-state index contributed by atoms with van der Waals surface area (Å²) in [6, 6.07) is 6.21. The average molecular weight is 248 g/mol. The Morgan fingerprint density at radius 1 is 1.00 bits per heavy atom. The van der Waals surface area contributed by atoms with E-state index in [0.717, 1.165) is 24.5 Å². The molecule has 0 amide bonds. The summed E-state index contributed by atoms with van der Waals surface area (Å²) in [7, 11) is 0. The first kappa shape index (κ1) is 15.2. The van der Waals surface area contributed by atoms with Gasteiger partial charge in [-0.25, -0.2) is 0 Å². The molecule has 0 spiro atoms. The molecular weight excluding hydrogens is 220 g/mol. The zero-order valence-electron chi connectivity index (χ0n) is 12.0. The van der Waals surface area contributed by atoms with Gasteiger partial charge in [-0.3, -0.25) is 4.98 Å². The van der Waals surface area contributed by atoms with Crippen molar-refractivity contribution in [1.82, 2.24) is 10.3 Å². The van der Waals surface area contributed by atoms with Crippen LogP contribution >= 0.6 is 0 Å². The topological polar surface area (TPSA) is 24.9 Å². The van der Waals surface area contributed by atoms with Gasteiger partial charge in [-0.15, -0.1) is 0 Å². The molecule has 0 fully saturated rings. The third kappa shape index (κ3) is 7.44. The van der Waals surface area contributed by atoms with E-state index in [4.69, 9.17) is 0 Å². The third-order valence-corrected chi connectivity index (χ3v) is 3.21. The molecule has 0 radical (unpaired) electrons. The minimum Gasteiger partial charge on any atom is -0.311 e. The van der Waals surface area contributed by atoms with Gasteiger partial charge in [0.1, 0.15) is 0 Å². The number of nitrogens with one attached hydrogen (secondary N) is 1. The SMILES string of the molecule is CCCCCCCCCNCc1cccc(C)n1. The van der Waals surface area contributed by atoms with Crippen LogP contribution in [0, 0.1) is 6.92 Å². The fraction of sp³-hybridized carbons (Fsp3) is 0.688. The molecule has 18 heavy (non-hydrogen) atoms. The smallest absolute Gasteiger partial charge is 0.0544 e. The van der Waals surface area contributed by atoms with Crippen molar-refractivity contribution < 1.29 is 0 Å². The van der Waals surface area contributed by atoms with Crippen molar-refractivity contribution in [2.24, 2.45) is 0 Å². The van der Waals surface area contributed by atoms with Crippen LogP contribution in [-0.2, 0) is 6.54 Å². The number of aromatic nitrogens is 1. The Hall–Kier alpha value is -0.890. The number of unbranched alkanes of at least 4 members (excludes halogenated alkanes) is 6. The van der Waals surface area contributed by atoms with E-state index in [-0.39, 0.29) is 0 Å². The van der Waals surface area contributed by atoms with Crippen molar-refractivity contribution in [2.45, 2.75) is 65.3 Å². The molecule has 0 atom stereocenters. The molecule has 1 N–H and O–H groups in total. The molecule has 2 heteroatoms. The Kier molecular flexibility index (Phi) is 8.49. The quantitative estimate of drug-likeness (QED) is 0.627. The highest BCUT2D eigenvalue weighted by atomic mass is 14.9. The average Bonchev–Trinajstić information content (AvgIpc) is 2.37. The zero-order chi connectivity index (χ0) is 13.1. The summed E-state index contributed by atoms with van der Waals surface area (Å²) >= 11 is 0. The van der Waals surface area contributed by atoms with Crippen molar-refractivity contribution in [2.75, 3.05) is 6.54 Å². The number of aryl methyl sites for hydroxylation is 1. The van der Waals surface area contributed by atoms with Crippen molar-refractivity contribution in [3.63, 3.8) is 0 Å². The van der Waals surface area contributed by atoms with Gasteiger partial charge in [-0.1, -0.05) is 51.5 Å². The van der Waals surface area contributed by atoms with Gasteiger partial charge in [0, 0.05) is 12.2 Å². The number of hydrogen-bond acceptors (Lipinski definition) is 2. The fourth-order valence-electron chi connectivity index (χ4n) is 2.12. The summed E-state index contributed by atoms with van der Waals surface area (Å²) in [5.41, 5.74) is 2.25. The van der Waals surface area contributed by atoms with E-state index in [0.29, 0.717) is 0 Å². The van der Waals surface area contributed by atoms with E-state index in [1.54, 1.807) is 0 Å². The first-order valence-electron chi connectivity index (χ1n) is 7.46. The van der Waals surface area contributed by atoms with Crippen molar-refractivity contribution in [3.8, 4) is 0 Å². The molecule has 0 aromatic carbocycles. The first-order chi connectivity index (χ1) is 8.83. The molecule has 102 valence electrons. The maximum absolute atomic E-state index is 4.48. The van der Waals surface area contributed by atoms with Crippen molar-refractivity contribution >= 4 is 0 Å². The van der Waals surface area contributed by atoms with Crippen LogP contribution in [0.2, 0.25) is 0 Å². The summed E-state index contributed by atoms with van der Waals surface area (Å²) in [6.45, 7) is 6.32. The van der Waals surface area contributed by atoms with E-state index in [2.05, 4.69) is 29.4 Å². The van der Waals surface area contributed by atoms with Gasteiger partial charge in [0.15, 0.2) is 0 Å². The van der Waals surface area contributed by atoms with E-state index in [1.165, 1.54) is 44.9 Å². The van der Waals surface area contributed by atoms with Gasteiger partial charge in [0.2, 0.25) is 0 Å². The van der Waals surface area contributed by atoms with Crippen LogP contribution in [0.25, 0.3) is 0 Å². The Morgan fingerprint density at radius 3 is 2.44 bits per heavy atom. The van der Waals surface area contributed by atoms with Crippen LogP contribution in [0.1, 0.15) is 63.3 Å². The molecule has 1 aromatic rings. The van der Waals surface area contributed by atoms with Crippen molar-refractivity contribution in [3.05, 3.63) is 29.6 Å². The Bertz CT molecular complexity index is 310. The zero-order valence-corrected chi connectivity index (χ0v) is 12.0. The summed E-state index contributed by atoms with van der Waals surface area (Å²) in [6.07, 6.45) is 9.60. The largest absolute Gasteiger partial charge is 0.311 e. The summed E-state index contributed by atoms with van der Waals surface area (Å²) in [5, 5.41) is 3.47. The summed E-state index contributed by atoms with van der Waals surface area (Å²) in [5.74, 6) is 0. The standard InChI is InChI=1S/C16H28N2/c1-3-4-5-6-7-8-9-13-17-14-16-12-10-11-15(2)18-16/h10-12,17H,3-9,13-14H2,1-2H3. The summed E-state index contributed by atoms with van der Waals surface area (Å²) in [4.78, 5) is 4.48. The molecule has 0 saturated heterocycles. The highest BCUT2D eigenvalue weighted by Crippen LogP contribution is 2.06. The molecule has 0 bridgehead atoms. The third-order valence-electron chi connectivity index (χ3n) is 3.21. The predicted octanol–water partition coefficient (Wildman–Crippen LogP) is 4.23. The van der Waals surface area contributed by atoms with E-state index >= 15 is 0 Å². The second kappa shape index (κ2) is 10.1. The van der Waals surface area contributed by atoms with E-state index in [9.17, 15) is 0 Å². The normalized spacial score (nSPS) is 10.8. The maximum Gasteiger partial charge on any atom is 0.0544 e. The second-order valence-electron chi connectivity index (χ2n) is 5.07. The van der Waals surface area contributed by atoms with Gasteiger partial charge in [-0.05, 0) is 32.0 Å². The Balaban J connectivity index is 1.92. The fourth-order valence-corrected chi connectivity index (χ4v) is 2.12. The van der Waals surface area contributed by atoms with Crippen LogP contribution in [0.5, 0.6) is 0 Å². The Labute approximate surface area is 112 Å². The van der Waals surface area contributed by atoms with Crippen molar-refractivity contribution in [1.29, 1.82) is 0 Å². The van der Waals surface area contributed by atoms with Gasteiger partial charge < -0.3 is 5.32 Å². The lowest BCUT2D eigenvalue weighted by Gasteiger charge is -2.05. The highest BCUT2D eigenvalue weighted by Gasteiger charge is 1.95. The molecule has 2 nitrogen and oxygen atoms in total. The van der Waals surface area contributed by atoms with Gasteiger partial charge in [-0.2, -0.15) is 0 Å². The summed E-state index contributed by atoms with van der Waals surface area (Å²) < 4.78 is 0. The van der Waals surface area contributed by atoms with Crippen LogP contribution in [0.3, 0.4) is 0 Å². The number of pyridine rings is 1. The van der Waals surface area contributed by atoms with Crippen LogP contribution in [0.15, 0.2) is 18.2 Å². The molecule has 0 aliphatic heterocycles. The van der Waals surface area contributed by atoms with Gasteiger partial charge in [0.25, 0.3) is 0 Å². The highest BCUT2D eigenvalue weighted by molar-refractivity contribution is 5.09. The number of hydrogen-bond donors (Lipinski definition) is 1. The van der Waals surface area contributed by atoms with Gasteiger partial charge in [0.05, 0.1) is 5.69 Å². The second-order valence-corrected chi connectivity index (χ2v) is 5.07. The lowest BCUT2D eigenvalue weighted by molar-refractivity contribution is 0.560. The lowest BCUT2D eigenvalue weighted by Crippen LogP contribution is -2.15. The maximum atomic E-state index is 4.48. The lowest BCUT2D eigenvalue weighted by atomic mass is 10.1. The molecule has 0 unspecified atom stereocenters. The van der Waals surface area contributed by atoms with Gasteiger partial charge >= 0.3 is 0 Å². The Morgan fingerprint density at radius 2 is 1.72 bits per heavy atom. The number of nitrogens with zero attached hydrogens (tertiary/aromatic N) is 1. The molecule has 1 heterocycles. The predicted molar refractivity (Wildman–Crippen MR) is 78.7 cm³/mol. The van der Waals surface area contributed by atoms with E-state index in [1.807, 2.05) is 13.0 Å². The minimum absolute atomic E-state index is 0.900. The van der Waals surface area contributed by atoms with Crippen LogP contribution in [0.4, 0.5) is 0 Å². The number of rotatable bonds is 10. The van der Waals surface area contributed by atoms with Crippen LogP contribution < -0.4 is 5.32 Å². The minimum atomic E-state index is 0.900. The monoisotopic (exact) mass is 248 g/mol. The molecule has 0 saturated carbocycles.